The SMILES string of the molecule is C1CCC2NC3CCCCC3NC2C1.O=S(=O)(O)c1ccccc1. The first kappa shape index (κ1) is 17.9. The zero-order valence-electron chi connectivity index (χ0n) is 14.0. The average molecular weight is 353 g/mol. The first-order valence-electron chi connectivity index (χ1n) is 9.09. The van der Waals surface area contributed by atoms with Crippen LogP contribution in [0.5, 0.6) is 0 Å². The highest BCUT2D eigenvalue weighted by atomic mass is 32.2. The highest BCUT2D eigenvalue weighted by molar-refractivity contribution is 7.85. The van der Waals surface area contributed by atoms with Gasteiger partial charge in [-0.25, -0.2) is 0 Å². The Labute approximate surface area is 145 Å². The van der Waals surface area contributed by atoms with Gasteiger partial charge in [0.2, 0.25) is 0 Å². The molecule has 1 saturated heterocycles. The minimum absolute atomic E-state index is 0.0741. The molecule has 4 rings (SSSR count). The van der Waals surface area contributed by atoms with E-state index in [4.69, 9.17) is 4.55 Å². The summed E-state index contributed by atoms with van der Waals surface area (Å²) in [4.78, 5) is -0.0741. The van der Waals surface area contributed by atoms with E-state index in [1.54, 1.807) is 18.2 Å². The second-order valence-electron chi connectivity index (χ2n) is 7.12. The van der Waals surface area contributed by atoms with Gasteiger partial charge in [0.25, 0.3) is 10.1 Å². The van der Waals surface area contributed by atoms with Crippen LogP contribution in [0.2, 0.25) is 0 Å². The fourth-order valence-electron chi connectivity index (χ4n) is 4.20. The minimum Gasteiger partial charge on any atom is -0.308 e. The summed E-state index contributed by atoms with van der Waals surface area (Å²) in [6.45, 7) is 0. The Morgan fingerprint density at radius 3 is 1.42 bits per heavy atom. The molecule has 2 saturated carbocycles. The quantitative estimate of drug-likeness (QED) is 0.678. The van der Waals surface area contributed by atoms with Gasteiger partial charge in [-0.05, 0) is 37.8 Å². The van der Waals surface area contributed by atoms with Gasteiger partial charge in [-0.1, -0.05) is 43.9 Å². The van der Waals surface area contributed by atoms with Crippen molar-refractivity contribution in [1.82, 2.24) is 10.6 Å². The monoisotopic (exact) mass is 352 g/mol. The summed E-state index contributed by atoms with van der Waals surface area (Å²) >= 11 is 0. The predicted octanol–water partition coefficient (Wildman–Crippen LogP) is 2.73. The molecule has 1 aromatic rings. The molecular weight excluding hydrogens is 324 g/mol. The van der Waals surface area contributed by atoms with Crippen molar-refractivity contribution in [3.63, 3.8) is 0 Å². The molecule has 4 unspecified atom stereocenters. The average Bonchev–Trinajstić information content (AvgIpc) is 2.60. The van der Waals surface area contributed by atoms with Crippen LogP contribution < -0.4 is 10.6 Å². The molecule has 1 aliphatic heterocycles. The van der Waals surface area contributed by atoms with E-state index >= 15 is 0 Å². The maximum atomic E-state index is 10.4. The molecule has 1 heterocycles. The van der Waals surface area contributed by atoms with Crippen molar-refractivity contribution in [3.05, 3.63) is 30.3 Å². The second-order valence-corrected chi connectivity index (χ2v) is 8.54. The lowest BCUT2D eigenvalue weighted by Crippen LogP contribution is -2.67. The highest BCUT2D eigenvalue weighted by Gasteiger charge is 2.37. The lowest BCUT2D eigenvalue weighted by molar-refractivity contribution is 0.138. The number of rotatable bonds is 1. The first-order valence-corrected chi connectivity index (χ1v) is 10.5. The standard InChI is InChI=1S/C12H22N2.C6H6O3S/c1-2-6-10-9(5-1)13-11-7-3-4-8-12(11)14-10;7-10(8,9)6-4-2-1-3-5-6/h9-14H,1-8H2;1-5H,(H,7,8,9). The summed E-state index contributed by atoms with van der Waals surface area (Å²) in [6, 6.07) is 10.6. The van der Waals surface area contributed by atoms with Crippen molar-refractivity contribution in [2.75, 3.05) is 0 Å². The molecule has 2 aliphatic carbocycles. The number of benzene rings is 1. The van der Waals surface area contributed by atoms with E-state index in [1.165, 1.54) is 63.5 Å². The Morgan fingerprint density at radius 1 is 0.750 bits per heavy atom. The van der Waals surface area contributed by atoms with Crippen LogP contribution in [0.3, 0.4) is 0 Å². The van der Waals surface area contributed by atoms with E-state index in [-0.39, 0.29) is 4.90 Å². The molecule has 3 N–H and O–H groups in total. The van der Waals surface area contributed by atoms with E-state index in [9.17, 15) is 8.42 Å². The Balaban J connectivity index is 0.000000150. The van der Waals surface area contributed by atoms with Crippen LogP contribution in [0, 0.1) is 0 Å². The molecule has 134 valence electrons. The normalized spacial score (nSPS) is 32.7. The van der Waals surface area contributed by atoms with Crippen LogP contribution in [0.15, 0.2) is 35.2 Å². The van der Waals surface area contributed by atoms with Gasteiger partial charge in [0.15, 0.2) is 0 Å². The Kier molecular flexibility index (Phi) is 5.92. The topological polar surface area (TPSA) is 78.4 Å². The Hall–Kier alpha value is -0.950. The summed E-state index contributed by atoms with van der Waals surface area (Å²) in [6.07, 6.45) is 11.4. The number of hydrogen-bond donors (Lipinski definition) is 3. The van der Waals surface area contributed by atoms with Crippen LogP contribution in [-0.2, 0) is 10.1 Å². The summed E-state index contributed by atoms with van der Waals surface area (Å²) in [5.41, 5.74) is 0. The fraction of sp³-hybridized carbons (Fsp3) is 0.667. The zero-order valence-corrected chi connectivity index (χ0v) is 14.8. The molecule has 3 fully saturated rings. The number of hydrogen-bond acceptors (Lipinski definition) is 4. The van der Waals surface area contributed by atoms with Crippen molar-refractivity contribution in [1.29, 1.82) is 0 Å². The third-order valence-electron chi connectivity index (χ3n) is 5.43. The van der Waals surface area contributed by atoms with Crippen LogP contribution in [0.4, 0.5) is 0 Å². The van der Waals surface area contributed by atoms with Gasteiger partial charge in [-0.15, -0.1) is 0 Å². The van der Waals surface area contributed by atoms with Crippen LogP contribution in [0.25, 0.3) is 0 Å². The van der Waals surface area contributed by atoms with E-state index in [2.05, 4.69) is 10.6 Å². The Bertz CT molecular complexity index is 578. The summed E-state index contributed by atoms with van der Waals surface area (Å²) in [7, 11) is -4.00. The van der Waals surface area contributed by atoms with E-state index in [0.717, 1.165) is 24.2 Å². The maximum absolute atomic E-state index is 10.4. The van der Waals surface area contributed by atoms with Crippen molar-refractivity contribution in [3.8, 4) is 0 Å². The second kappa shape index (κ2) is 7.95. The third-order valence-corrected chi connectivity index (χ3v) is 6.30. The third kappa shape index (κ3) is 4.57. The number of piperazine rings is 1. The van der Waals surface area contributed by atoms with Crippen molar-refractivity contribution in [2.45, 2.75) is 80.4 Å². The number of fused-ring (bicyclic) bond motifs is 2. The smallest absolute Gasteiger partial charge is 0.294 e. The molecule has 0 spiro atoms. The van der Waals surface area contributed by atoms with E-state index in [0.29, 0.717) is 0 Å². The summed E-state index contributed by atoms with van der Waals surface area (Å²) in [5.74, 6) is 0. The minimum atomic E-state index is -4.00. The molecule has 0 aromatic heterocycles. The molecule has 6 heteroatoms. The zero-order chi connectivity index (χ0) is 17.0. The van der Waals surface area contributed by atoms with Crippen molar-refractivity contribution in [2.24, 2.45) is 0 Å². The van der Waals surface area contributed by atoms with Crippen LogP contribution >= 0.6 is 0 Å². The van der Waals surface area contributed by atoms with Gasteiger partial charge < -0.3 is 10.6 Å². The largest absolute Gasteiger partial charge is 0.308 e. The maximum Gasteiger partial charge on any atom is 0.294 e. The predicted molar refractivity (Wildman–Crippen MR) is 94.6 cm³/mol. The van der Waals surface area contributed by atoms with E-state index in [1.807, 2.05) is 0 Å². The molecule has 0 bridgehead atoms. The van der Waals surface area contributed by atoms with Gasteiger partial charge in [0, 0.05) is 24.2 Å². The van der Waals surface area contributed by atoms with Crippen molar-refractivity contribution < 1.29 is 13.0 Å². The molecule has 24 heavy (non-hydrogen) atoms. The molecular formula is C18H28N2O3S. The van der Waals surface area contributed by atoms with Gasteiger partial charge in [0.1, 0.15) is 0 Å². The number of nitrogens with one attached hydrogen (secondary N) is 2. The van der Waals surface area contributed by atoms with Gasteiger partial charge in [0.05, 0.1) is 4.90 Å². The molecule has 4 atom stereocenters. The van der Waals surface area contributed by atoms with Crippen molar-refractivity contribution >= 4 is 10.1 Å². The van der Waals surface area contributed by atoms with Crippen LogP contribution in [-0.4, -0.2) is 37.1 Å². The summed E-state index contributed by atoms with van der Waals surface area (Å²) < 4.78 is 29.2. The van der Waals surface area contributed by atoms with Crippen LogP contribution in [0.1, 0.15) is 51.4 Å². The van der Waals surface area contributed by atoms with Gasteiger partial charge >= 0.3 is 0 Å². The molecule has 1 aromatic carbocycles. The lowest BCUT2D eigenvalue weighted by atomic mass is 9.81. The lowest BCUT2D eigenvalue weighted by Gasteiger charge is -2.47. The fourth-order valence-corrected chi connectivity index (χ4v) is 4.70. The Morgan fingerprint density at radius 2 is 1.12 bits per heavy atom. The highest BCUT2D eigenvalue weighted by Crippen LogP contribution is 2.28. The molecule has 0 amide bonds. The first-order chi connectivity index (χ1) is 11.5. The van der Waals surface area contributed by atoms with Gasteiger partial charge in [-0.2, -0.15) is 8.42 Å². The van der Waals surface area contributed by atoms with E-state index < -0.39 is 10.1 Å². The summed E-state index contributed by atoms with van der Waals surface area (Å²) in [5, 5.41) is 7.79. The molecule has 0 radical (unpaired) electrons. The molecule has 5 nitrogen and oxygen atoms in total. The molecule has 3 aliphatic rings. The van der Waals surface area contributed by atoms with Gasteiger partial charge in [-0.3, -0.25) is 4.55 Å².